The van der Waals surface area contributed by atoms with Crippen LogP contribution < -0.4 is 5.32 Å². The van der Waals surface area contributed by atoms with E-state index in [0.29, 0.717) is 6.04 Å². The van der Waals surface area contributed by atoms with Gasteiger partial charge in [-0.2, -0.15) is 10.2 Å². The van der Waals surface area contributed by atoms with Crippen molar-refractivity contribution in [1.29, 1.82) is 0 Å². The lowest BCUT2D eigenvalue weighted by atomic mass is 10.2. The fraction of sp³-hybridized carbons (Fsp3) is 0.571. The number of halogens is 1. The first-order chi connectivity index (χ1) is 8.99. The van der Waals surface area contributed by atoms with E-state index in [1.807, 2.05) is 24.9 Å². The van der Waals surface area contributed by atoms with E-state index in [1.54, 1.807) is 0 Å². The molecular weight excluding hydrogens is 274 g/mol. The van der Waals surface area contributed by atoms with E-state index in [2.05, 4.69) is 47.2 Å². The van der Waals surface area contributed by atoms with Gasteiger partial charge in [-0.05, 0) is 27.7 Å². The quantitative estimate of drug-likeness (QED) is 0.922. The largest absolute Gasteiger partial charge is 0.308 e. The second kappa shape index (κ2) is 6.90. The van der Waals surface area contributed by atoms with Crippen LogP contribution in [0.2, 0.25) is 0 Å². The van der Waals surface area contributed by atoms with E-state index < -0.39 is 0 Å². The smallest absolute Gasteiger partial charge is 0.0638 e. The third kappa shape index (κ3) is 3.61. The number of aryl methyl sites for hydroxylation is 2. The van der Waals surface area contributed by atoms with Gasteiger partial charge in [-0.1, -0.05) is 0 Å². The lowest BCUT2D eigenvalue weighted by Crippen LogP contribution is -2.14. The third-order valence-corrected chi connectivity index (χ3v) is 3.38. The number of rotatable bonds is 5. The maximum absolute atomic E-state index is 4.42. The molecule has 2 aromatic heterocycles. The minimum Gasteiger partial charge on any atom is -0.308 e. The zero-order chi connectivity index (χ0) is 14.0. The molecule has 6 heteroatoms. The van der Waals surface area contributed by atoms with Crippen molar-refractivity contribution >= 4 is 12.4 Å². The Labute approximate surface area is 126 Å². The molecule has 5 nitrogen and oxygen atoms in total. The molecule has 0 radical (unpaired) electrons. The van der Waals surface area contributed by atoms with Gasteiger partial charge in [-0.15, -0.1) is 12.4 Å². The number of aromatic nitrogens is 4. The van der Waals surface area contributed by atoms with Crippen molar-refractivity contribution < 1.29 is 0 Å². The molecule has 0 spiro atoms. The summed E-state index contributed by atoms with van der Waals surface area (Å²) in [6.07, 6.45) is 4.02. The molecule has 1 N–H and O–H groups in total. The maximum atomic E-state index is 4.42. The van der Waals surface area contributed by atoms with Crippen molar-refractivity contribution in [2.45, 2.75) is 46.8 Å². The Morgan fingerprint density at radius 2 is 1.85 bits per heavy atom. The minimum absolute atomic E-state index is 0. The molecule has 0 saturated carbocycles. The van der Waals surface area contributed by atoms with Gasteiger partial charge >= 0.3 is 0 Å². The van der Waals surface area contributed by atoms with Gasteiger partial charge in [-0.3, -0.25) is 9.36 Å². The van der Waals surface area contributed by atoms with Gasteiger partial charge < -0.3 is 5.32 Å². The summed E-state index contributed by atoms with van der Waals surface area (Å²) in [6.45, 7) is 10.1. The second-order valence-corrected chi connectivity index (χ2v) is 5.31. The van der Waals surface area contributed by atoms with Crippen molar-refractivity contribution in [2.75, 3.05) is 0 Å². The molecule has 0 saturated heterocycles. The van der Waals surface area contributed by atoms with Gasteiger partial charge in [0.25, 0.3) is 0 Å². The molecule has 0 aromatic carbocycles. The Balaban J connectivity index is 0.00000200. The molecule has 2 rings (SSSR count). The van der Waals surface area contributed by atoms with Crippen LogP contribution in [0.25, 0.3) is 0 Å². The van der Waals surface area contributed by atoms with Crippen LogP contribution >= 0.6 is 12.4 Å². The summed E-state index contributed by atoms with van der Waals surface area (Å²) in [5.41, 5.74) is 4.83. The van der Waals surface area contributed by atoms with E-state index in [1.165, 1.54) is 16.8 Å². The third-order valence-electron chi connectivity index (χ3n) is 3.38. The molecule has 112 valence electrons. The summed E-state index contributed by atoms with van der Waals surface area (Å²) >= 11 is 0. The summed E-state index contributed by atoms with van der Waals surface area (Å²) < 4.78 is 3.92. The summed E-state index contributed by atoms with van der Waals surface area (Å²) in [5.74, 6) is 0. The lowest BCUT2D eigenvalue weighted by molar-refractivity contribution is 0.517. The Kier molecular flexibility index (Phi) is 5.77. The SMILES string of the molecule is Cc1nn(C)cc1CNCc1cnn(C(C)C)c1C.Cl. The fourth-order valence-electron chi connectivity index (χ4n) is 2.31. The Bertz CT molecular complexity index is 556. The minimum atomic E-state index is 0. The summed E-state index contributed by atoms with van der Waals surface area (Å²) in [4.78, 5) is 0. The van der Waals surface area contributed by atoms with E-state index in [-0.39, 0.29) is 12.4 Å². The van der Waals surface area contributed by atoms with Crippen LogP contribution in [-0.4, -0.2) is 19.6 Å². The maximum Gasteiger partial charge on any atom is 0.0638 e. The van der Waals surface area contributed by atoms with Crippen LogP contribution in [0, 0.1) is 13.8 Å². The van der Waals surface area contributed by atoms with Crippen molar-refractivity contribution in [3.05, 3.63) is 34.9 Å². The number of nitrogens with zero attached hydrogens (tertiary/aromatic N) is 4. The van der Waals surface area contributed by atoms with Crippen molar-refractivity contribution in [1.82, 2.24) is 24.9 Å². The zero-order valence-electron chi connectivity index (χ0n) is 12.8. The topological polar surface area (TPSA) is 47.7 Å². The molecule has 0 atom stereocenters. The highest BCUT2D eigenvalue weighted by atomic mass is 35.5. The van der Waals surface area contributed by atoms with Crippen LogP contribution in [0.15, 0.2) is 12.4 Å². The molecular formula is C14H24ClN5. The molecule has 0 aliphatic rings. The highest BCUT2D eigenvalue weighted by Gasteiger charge is 2.09. The van der Waals surface area contributed by atoms with E-state index in [9.17, 15) is 0 Å². The molecule has 2 aromatic rings. The predicted octanol–water partition coefficient (Wildman–Crippen LogP) is 2.53. The van der Waals surface area contributed by atoms with Gasteiger partial charge in [0.1, 0.15) is 0 Å². The van der Waals surface area contributed by atoms with Gasteiger partial charge in [0, 0.05) is 49.2 Å². The molecule has 0 fully saturated rings. The van der Waals surface area contributed by atoms with E-state index in [0.717, 1.165) is 18.8 Å². The van der Waals surface area contributed by atoms with Crippen molar-refractivity contribution in [3.8, 4) is 0 Å². The first kappa shape index (κ1) is 16.7. The Hall–Kier alpha value is -1.33. The molecule has 2 heterocycles. The van der Waals surface area contributed by atoms with Crippen molar-refractivity contribution in [2.24, 2.45) is 7.05 Å². The Morgan fingerprint density at radius 3 is 2.35 bits per heavy atom. The average molecular weight is 298 g/mol. The summed E-state index contributed by atoms with van der Waals surface area (Å²) in [7, 11) is 1.95. The molecule has 0 aliphatic heterocycles. The highest BCUT2D eigenvalue weighted by molar-refractivity contribution is 5.85. The van der Waals surface area contributed by atoms with Crippen LogP contribution in [0.4, 0.5) is 0 Å². The fourth-order valence-corrected chi connectivity index (χ4v) is 2.31. The number of hydrogen-bond donors (Lipinski definition) is 1. The van der Waals surface area contributed by atoms with E-state index in [4.69, 9.17) is 0 Å². The van der Waals surface area contributed by atoms with Crippen LogP contribution in [0.3, 0.4) is 0 Å². The van der Waals surface area contributed by atoms with Gasteiger partial charge in [0.15, 0.2) is 0 Å². The highest BCUT2D eigenvalue weighted by Crippen LogP contribution is 2.13. The van der Waals surface area contributed by atoms with Crippen molar-refractivity contribution in [3.63, 3.8) is 0 Å². The molecule has 0 aliphatic carbocycles. The standard InChI is InChI=1S/C14H23N5.ClH/c1-10(2)19-12(4)13(8-16-19)6-15-7-14-9-18(5)17-11(14)3;/h8-10,15H,6-7H2,1-5H3;1H. The molecule has 20 heavy (non-hydrogen) atoms. The van der Waals surface area contributed by atoms with Crippen LogP contribution in [0.5, 0.6) is 0 Å². The lowest BCUT2D eigenvalue weighted by Gasteiger charge is -2.09. The van der Waals surface area contributed by atoms with Gasteiger partial charge in [-0.25, -0.2) is 0 Å². The number of hydrogen-bond acceptors (Lipinski definition) is 3. The first-order valence-electron chi connectivity index (χ1n) is 6.72. The predicted molar refractivity (Wildman–Crippen MR) is 83.1 cm³/mol. The summed E-state index contributed by atoms with van der Waals surface area (Å²) in [5, 5.41) is 12.2. The first-order valence-corrected chi connectivity index (χ1v) is 6.72. The molecule has 0 bridgehead atoms. The molecule has 0 amide bonds. The van der Waals surface area contributed by atoms with Gasteiger partial charge in [0.05, 0.1) is 11.9 Å². The van der Waals surface area contributed by atoms with E-state index >= 15 is 0 Å². The zero-order valence-corrected chi connectivity index (χ0v) is 13.7. The van der Waals surface area contributed by atoms with Gasteiger partial charge in [0.2, 0.25) is 0 Å². The molecule has 0 unspecified atom stereocenters. The average Bonchev–Trinajstić information content (AvgIpc) is 2.83. The normalized spacial score (nSPS) is 10.9. The van der Waals surface area contributed by atoms with Crippen LogP contribution in [-0.2, 0) is 20.1 Å². The second-order valence-electron chi connectivity index (χ2n) is 5.31. The van der Waals surface area contributed by atoms with Crippen LogP contribution in [0.1, 0.15) is 42.4 Å². The summed E-state index contributed by atoms with van der Waals surface area (Å²) in [6, 6.07) is 0.411. The number of nitrogens with one attached hydrogen (secondary N) is 1. The Morgan fingerprint density at radius 1 is 1.20 bits per heavy atom. The monoisotopic (exact) mass is 297 g/mol.